The second-order valence-electron chi connectivity index (χ2n) is 8.07. The summed E-state index contributed by atoms with van der Waals surface area (Å²) in [4.78, 5) is 15.5. The summed E-state index contributed by atoms with van der Waals surface area (Å²) >= 11 is 0. The second kappa shape index (κ2) is 9.94. The zero-order chi connectivity index (χ0) is 19.5. The molecule has 2 aromatic carbocycles. The lowest BCUT2D eigenvalue weighted by atomic mass is 9.85. The number of rotatable bonds is 6. The predicted octanol–water partition coefficient (Wildman–Crippen LogP) is 4.98. The normalized spacial score (nSPS) is 19.5. The number of likely N-dealkylation sites (tertiary alicyclic amines) is 1. The van der Waals surface area contributed by atoms with Gasteiger partial charge in [-0.15, -0.1) is 24.0 Å². The number of fused-ring (bicyclic) bond motifs is 1. The van der Waals surface area contributed by atoms with E-state index in [2.05, 4.69) is 35.2 Å². The first-order valence-corrected chi connectivity index (χ1v) is 10.2. The summed E-state index contributed by atoms with van der Waals surface area (Å²) in [6.07, 6.45) is 4.19. The minimum atomic E-state index is 0. The first kappa shape index (κ1) is 22.1. The number of benzene rings is 2. The van der Waals surface area contributed by atoms with Crippen LogP contribution in [0.5, 0.6) is 11.5 Å². The van der Waals surface area contributed by atoms with E-state index in [1.54, 1.807) is 14.2 Å². The van der Waals surface area contributed by atoms with Gasteiger partial charge in [0.25, 0.3) is 0 Å². The third kappa shape index (κ3) is 4.94. The molecular formula is C24H30INO3. The molecule has 1 aliphatic carbocycles. The third-order valence-corrected chi connectivity index (χ3v) is 6.29. The molecule has 0 amide bonds. The molecule has 0 bridgehead atoms. The Morgan fingerprint density at radius 2 is 1.66 bits per heavy atom. The van der Waals surface area contributed by atoms with Crippen molar-refractivity contribution in [2.45, 2.75) is 32.2 Å². The minimum Gasteiger partial charge on any atom is -0.493 e. The number of piperidine rings is 1. The Balaban J connectivity index is 0.00000240. The molecule has 0 radical (unpaired) electrons. The van der Waals surface area contributed by atoms with Gasteiger partial charge in [0.05, 0.1) is 14.2 Å². The zero-order valence-corrected chi connectivity index (χ0v) is 19.6. The highest BCUT2D eigenvalue weighted by molar-refractivity contribution is 14.0. The number of halogens is 1. The number of carbonyl (C=O) groups is 1. The van der Waals surface area contributed by atoms with Crippen LogP contribution in [0.15, 0.2) is 42.5 Å². The number of hydrogen-bond acceptors (Lipinski definition) is 4. The molecule has 4 nitrogen and oxygen atoms in total. The van der Waals surface area contributed by atoms with Crippen LogP contribution < -0.4 is 9.47 Å². The topological polar surface area (TPSA) is 38.8 Å². The maximum absolute atomic E-state index is 12.9. The van der Waals surface area contributed by atoms with Gasteiger partial charge in [-0.2, -0.15) is 0 Å². The number of ketones is 1. The first-order chi connectivity index (χ1) is 13.7. The van der Waals surface area contributed by atoms with Crippen molar-refractivity contribution in [1.82, 2.24) is 4.90 Å². The van der Waals surface area contributed by atoms with Gasteiger partial charge in [0.15, 0.2) is 17.3 Å². The van der Waals surface area contributed by atoms with Gasteiger partial charge >= 0.3 is 0 Å². The fraction of sp³-hybridized carbons (Fsp3) is 0.458. The molecule has 5 heteroatoms. The van der Waals surface area contributed by atoms with Crippen LogP contribution in [0.4, 0.5) is 0 Å². The van der Waals surface area contributed by atoms with Crippen LogP contribution in [0.2, 0.25) is 0 Å². The summed E-state index contributed by atoms with van der Waals surface area (Å²) in [7, 11) is 3.26. The van der Waals surface area contributed by atoms with E-state index in [9.17, 15) is 4.79 Å². The number of methoxy groups -OCH3 is 2. The minimum absolute atomic E-state index is 0. The van der Waals surface area contributed by atoms with Gasteiger partial charge in [-0.3, -0.25) is 9.69 Å². The fourth-order valence-electron chi connectivity index (χ4n) is 4.71. The number of hydrogen-bond donors (Lipinski definition) is 0. The zero-order valence-electron chi connectivity index (χ0n) is 17.2. The number of nitrogens with zero attached hydrogens (tertiary/aromatic N) is 1. The Bertz CT molecular complexity index is 832. The predicted molar refractivity (Wildman–Crippen MR) is 126 cm³/mol. The first-order valence-electron chi connectivity index (χ1n) is 10.2. The Kier molecular flexibility index (Phi) is 7.57. The quantitative estimate of drug-likeness (QED) is 0.518. The Hall–Kier alpha value is -1.60. The third-order valence-electron chi connectivity index (χ3n) is 6.29. The van der Waals surface area contributed by atoms with Crippen LogP contribution in [0, 0.1) is 11.8 Å². The van der Waals surface area contributed by atoms with Crippen molar-refractivity contribution in [3.8, 4) is 11.5 Å². The molecule has 1 heterocycles. The molecule has 1 saturated heterocycles. The van der Waals surface area contributed by atoms with E-state index in [4.69, 9.17) is 9.47 Å². The molecule has 2 aromatic rings. The number of ether oxygens (including phenoxy) is 2. The molecular weight excluding hydrogens is 477 g/mol. The van der Waals surface area contributed by atoms with Gasteiger partial charge < -0.3 is 9.47 Å². The van der Waals surface area contributed by atoms with Crippen LogP contribution in [0.3, 0.4) is 0 Å². The molecule has 2 aliphatic rings. The lowest BCUT2D eigenvalue weighted by molar-refractivity contribution is 0.0895. The van der Waals surface area contributed by atoms with Crippen LogP contribution in [0.1, 0.15) is 40.7 Å². The highest BCUT2D eigenvalue weighted by atomic mass is 127. The molecule has 29 heavy (non-hydrogen) atoms. The van der Waals surface area contributed by atoms with Gasteiger partial charge in [-0.25, -0.2) is 0 Å². The molecule has 156 valence electrons. The van der Waals surface area contributed by atoms with Crippen LogP contribution in [0.25, 0.3) is 0 Å². The Morgan fingerprint density at radius 1 is 1.00 bits per heavy atom. The largest absolute Gasteiger partial charge is 0.493 e. The molecule has 4 rings (SSSR count). The highest BCUT2D eigenvalue weighted by Crippen LogP contribution is 2.39. The van der Waals surface area contributed by atoms with E-state index in [-0.39, 0.29) is 35.7 Å². The molecule has 1 unspecified atom stereocenters. The summed E-state index contributed by atoms with van der Waals surface area (Å²) in [6, 6.07) is 14.5. The summed E-state index contributed by atoms with van der Waals surface area (Å²) in [5.41, 5.74) is 3.31. The van der Waals surface area contributed by atoms with Gasteiger partial charge in [-0.05, 0) is 68.0 Å². The van der Waals surface area contributed by atoms with Crippen LogP contribution >= 0.6 is 24.0 Å². The molecule has 0 saturated carbocycles. The Morgan fingerprint density at radius 3 is 2.31 bits per heavy atom. The van der Waals surface area contributed by atoms with E-state index < -0.39 is 0 Å². The summed E-state index contributed by atoms with van der Waals surface area (Å²) in [5.74, 6) is 2.38. The maximum atomic E-state index is 12.9. The Labute approximate surface area is 190 Å². The highest BCUT2D eigenvalue weighted by Gasteiger charge is 2.34. The van der Waals surface area contributed by atoms with Crippen molar-refractivity contribution >= 4 is 29.8 Å². The van der Waals surface area contributed by atoms with Crippen molar-refractivity contribution < 1.29 is 14.3 Å². The van der Waals surface area contributed by atoms with E-state index in [0.29, 0.717) is 17.4 Å². The number of Topliss-reactive ketones (excluding diaryl/α,β-unsaturated/α-hetero) is 1. The molecule has 1 atom stereocenters. The van der Waals surface area contributed by atoms with Crippen molar-refractivity contribution in [3.05, 3.63) is 59.2 Å². The summed E-state index contributed by atoms with van der Waals surface area (Å²) in [6.45, 7) is 3.27. The van der Waals surface area contributed by atoms with Crippen LogP contribution in [-0.2, 0) is 13.0 Å². The fourth-order valence-corrected chi connectivity index (χ4v) is 4.71. The average molecular weight is 507 g/mol. The molecule has 0 N–H and O–H groups in total. The standard InChI is InChI=1S/C24H29NO3.HI/c1-27-22-14-19-13-20(24(26)21(19)15-23(22)28-2)12-17-8-10-25(11-9-17)16-18-6-4-3-5-7-18;/h3-7,14-15,17,20H,8-13,16H2,1-2H3;1H. The summed E-state index contributed by atoms with van der Waals surface area (Å²) in [5, 5.41) is 0. The van der Waals surface area contributed by atoms with Crippen molar-refractivity contribution in [2.75, 3.05) is 27.3 Å². The smallest absolute Gasteiger partial charge is 0.166 e. The van der Waals surface area contributed by atoms with Crippen molar-refractivity contribution in [1.29, 1.82) is 0 Å². The van der Waals surface area contributed by atoms with E-state index in [1.165, 1.54) is 18.4 Å². The SMILES string of the molecule is COc1cc2c(cc1OC)C(=O)C(CC1CCN(Cc3ccccc3)CC1)C2.I. The van der Waals surface area contributed by atoms with E-state index in [0.717, 1.165) is 43.6 Å². The molecule has 0 spiro atoms. The van der Waals surface area contributed by atoms with Crippen molar-refractivity contribution in [2.24, 2.45) is 11.8 Å². The lowest BCUT2D eigenvalue weighted by Gasteiger charge is -2.32. The van der Waals surface area contributed by atoms with Gasteiger partial charge in [0, 0.05) is 18.0 Å². The van der Waals surface area contributed by atoms with Gasteiger partial charge in [0.2, 0.25) is 0 Å². The van der Waals surface area contributed by atoms with E-state index in [1.807, 2.05) is 12.1 Å². The molecule has 1 aliphatic heterocycles. The maximum Gasteiger partial charge on any atom is 0.166 e. The second-order valence-corrected chi connectivity index (χ2v) is 8.07. The summed E-state index contributed by atoms with van der Waals surface area (Å²) < 4.78 is 10.8. The van der Waals surface area contributed by atoms with Gasteiger partial charge in [-0.1, -0.05) is 30.3 Å². The molecule has 1 fully saturated rings. The van der Waals surface area contributed by atoms with Gasteiger partial charge in [0.1, 0.15) is 0 Å². The van der Waals surface area contributed by atoms with Crippen molar-refractivity contribution in [3.63, 3.8) is 0 Å². The average Bonchev–Trinajstić information content (AvgIpc) is 3.03. The lowest BCUT2D eigenvalue weighted by Crippen LogP contribution is -2.34. The monoisotopic (exact) mass is 507 g/mol. The van der Waals surface area contributed by atoms with Crippen LogP contribution in [-0.4, -0.2) is 38.0 Å². The van der Waals surface area contributed by atoms with E-state index >= 15 is 0 Å². The number of carbonyl (C=O) groups excluding carboxylic acids is 1. The molecule has 0 aromatic heterocycles.